The summed E-state index contributed by atoms with van der Waals surface area (Å²) in [6.07, 6.45) is 2.42. The molecule has 0 aliphatic carbocycles. The Morgan fingerprint density at radius 1 is 1.23 bits per heavy atom. The van der Waals surface area contributed by atoms with E-state index >= 15 is 0 Å². The highest BCUT2D eigenvalue weighted by Gasteiger charge is 2.37. The van der Waals surface area contributed by atoms with E-state index in [9.17, 15) is 21.6 Å². The molecule has 0 aromatic heterocycles. The number of carbonyl (C=O) groups is 1. The second-order valence-electron chi connectivity index (χ2n) is 5.89. The molecule has 146 valence electrons. The van der Waals surface area contributed by atoms with E-state index in [1.807, 2.05) is 6.92 Å². The summed E-state index contributed by atoms with van der Waals surface area (Å²) in [7, 11) is -7.68. The monoisotopic (exact) mass is 404 g/mol. The molecule has 0 atom stereocenters. The van der Waals surface area contributed by atoms with Gasteiger partial charge in [-0.1, -0.05) is 19.8 Å². The van der Waals surface area contributed by atoms with Crippen molar-refractivity contribution in [2.45, 2.75) is 44.4 Å². The molecule has 1 amide bonds. The number of nitrogens with zero attached hydrogens (tertiary/aromatic N) is 1. The van der Waals surface area contributed by atoms with Crippen molar-refractivity contribution >= 4 is 31.6 Å². The van der Waals surface area contributed by atoms with Gasteiger partial charge in [0.05, 0.1) is 18.0 Å². The van der Waals surface area contributed by atoms with Gasteiger partial charge in [-0.2, -0.15) is 0 Å². The second kappa shape index (κ2) is 8.36. The summed E-state index contributed by atoms with van der Waals surface area (Å²) >= 11 is 0. The first-order valence-corrected chi connectivity index (χ1v) is 11.6. The zero-order chi connectivity index (χ0) is 19.4. The molecule has 0 spiro atoms. The zero-order valence-electron chi connectivity index (χ0n) is 14.9. The maximum atomic E-state index is 12.7. The minimum absolute atomic E-state index is 0.00452. The molecule has 10 heteroatoms. The third-order valence-corrected chi connectivity index (χ3v) is 7.08. The average Bonchev–Trinajstić information content (AvgIpc) is 2.85. The van der Waals surface area contributed by atoms with E-state index in [-0.39, 0.29) is 41.7 Å². The van der Waals surface area contributed by atoms with Crippen molar-refractivity contribution in [2.75, 3.05) is 23.2 Å². The van der Waals surface area contributed by atoms with E-state index in [0.717, 1.165) is 12.8 Å². The first-order valence-electron chi connectivity index (χ1n) is 8.55. The smallest absolute Gasteiger partial charge is 0.244 e. The van der Waals surface area contributed by atoms with E-state index in [1.165, 1.54) is 18.2 Å². The predicted octanol–water partition coefficient (Wildman–Crippen LogP) is 1.62. The molecule has 0 unspecified atom stereocenters. The van der Waals surface area contributed by atoms with Crippen molar-refractivity contribution in [2.24, 2.45) is 0 Å². The number of sulfonamides is 2. The standard InChI is InChI=1S/C16H24N2O6S2/c1-3-5-6-10-17-26(22,23)15-12-13(7-8-14(15)24-4-2)18-16(19)9-11-25(18,20)21/h7-8,12,17H,3-6,9-11H2,1-2H3. The van der Waals surface area contributed by atoms with Gasteiger partial charge in [0.25, 0.3) is 0 Å². The molecule has 1 aliphatic rings. The Bertz CT molecular complexity index is 865. The lowest BCUT2D eigenvalue weighted by Crippen LogP contribution is -2.30. The molecule has 1 aromatic rings. The Labute approximate surface area is 154 Å². The van der Waals surface area contributed by atoms with Crippen LogP contribution in [0.1, 0.15) is 39.5 Å². The van der Waals surface area contributed by atoms with Crippen LogP contribution in [0.15, 0.2) is 23.1 Å². The maximum absolute atomic E-state index is 12.7. The summed E-state index contributed by atoms with van der Waals surface area (Å²) in [4.78, 5) is 11.8. The summed E-state index contributed by atoms with van der Waals surface area (Å²) in [5.41, 5.74) is 0.00452. The van der Waals surface area contributed by atoms with Gasteiger partial charge in [-0.3, -0.25) is 4.79 Å². The van der Waals surface area contributed by atoms with Crippen molar-refractivity contribution in [1.29, 1.82) is 0 Å². The van der Waals surface area contributed by atoms with Crippen LogP contribution in [0.25, 0.3) is 0 Å². The van der Waals surface area contributed by atoms with Crippen LogP contribution in [0.4, 0.5) is 5.69 Å². The van der Waals surface area contributed by atoms with Gasteiger partial charge in [0.2, 0.25) is 26.0 Å². The molecule has 0 saturated carbocycles. The summed E-state index contributed by atoms with van der Waals surface area (Å²) < 4.78 is 58.0. The van der Waals surface area contributed by atoms with Gasteiger partial charge >= 0.3 is 0 Å². The van der Waals surface area contributed by atoms with Crippen LogP contribution in [0.2, 0.25) is 0 Å². The predicted molar refractivity (Wildman–Crippen MR) is 98.2 cm³/mol. The first kappa shape index (κ1) is 20.7. The van der Waals surface area contributed by atoms with E-state index in [2.05, 4.69) is 4.72 Å². The van der Waals surface area contributed by atoms with Crippen LogP contribution in [-0.4, -0.2) is 41.6 Å². The molecule has 1 N–H and O–H groups in total. The van der Waals surface area contributed by atoms with Crippen LogP contribution in [0.5, 0.6) is 5.75 Å². The highest BCUT2D eigenvalue weighted by atomic mass is 32.2. The van der Waals surface area contributed by atoms with Gasteiger partial charge in [0, 0.05) is 13.0 Å². The number of unbranched alkanes of at least 4 members (excludes halogenated alkanes) is 2. The molecular formula is C16H24N2O6S2. The first-order chi connectivity index (χ1) is 12.2. The lowest BCUT2D eigenvalue weighted by molar-refractivity contribution is -0.116. The third-order valence-electron chi connectivity index (χ3n) is 3.90. The highest BCUT2D eigenvalue weighted by molar-refractivity contribution is 7.94. The summed E-state index contributed by atoms with van der Waals surface area (Å²) in [6.45, 7) is 4.25. The molecule has 8 nitrogen and oxygen atoms in total. The summed E-state index contributed by atoms with van der Waals surface area (Å²) in [6, 6.07) is 3.93. The van der Waals surface area contributed by atoms with Crippen LogP contribution in [-0.2, 0) is 24.8 Å². The maximum Gasteiger partial charge on any atom is 0.244 e. The number of nitrogens with one attached hydrogen (secondary N) is 1. The van der Waals surface area contributed by atoms with Crippen molar-refractivity contribution < 1.29 is 26.4 Å². The normalized spacial score (nSPS) is 16.8. The summed E-state index contributed by atoms with van der Waals surface area (Å²) in [5, 5.41) is 0. The fourth-order valence-corrected chi connectivity index (χ4v) is 5.32. The fraction of sp³-hybridized carbons (Fsp3) is 0.562. The molecule has 1 aliphatic heterocycles. The Morgan fingerprint density at radius 2 is 1.96 bits per heavy atom. The Balaban J connectivity index is 2.41. The number of ether oxygens (including phenoxy) is 1. The van der Waals surface area contributed by atoms with E-state index in [4.69, 9.17) is 4.74 Å². The van der Waals surface area contributed by atoms with Gasteiger partial charge in [0.1, 0.15) is 10.6 Å². The SMILES string of the molecule is CCCCCNS(=O)(=O)c1cc(N2C(=O)CCS2(=O)=O)ccc1OCC. The second-order valence-corrected chi connectivity index (χ2v) is 9.57. The number of anilines is 1. The topological polar surface area (TPSA) is 110 Å². The van der Waals surface area contributed by atoms with Crippen molar-refractivity contribution in [3.8, 4) is 5.75 Å². The van der Waals surface area contributed by atoms with Crippen molar-refractivity contribution in [1.82, 2.24) is 4.72 Å². The minimum atomic E-state index is -3.91. The number of rotatable bonds is 9. The number of benzene rings is 1. The van der Waals surface area contributed by atoms with E-state index < -0.39 is 26.0 Å². The van der Waals surface area contributed by atoms with Crippen molar-refractivity contribution in [3.05, 3.63) is 18.2 Å². The molecule has 26 heavy (non-hydrogen) atoms. The fourth-order valence-electron chi connectivity index (χ4n) is 2.64. The minimum Gasteiger partial charge on any atom is -0.492 e. The highest BCUT2D eigenvalue weighted by Crippen LogP contribution is 2.32. The molecule has 1 saturated heterocycles. The molecular weight excluding hydrogens is 380 g/mol. The lowest BCUT2D eigenvalue weighted by Gasteiger charge is -2.18. The molecule has 0 bridgehead atoms. The number of hydrogen-bond donors (Lipinski definition) is 1. The Kier molecular flexibility index (Phi) is 6.64. The van der Waals surface area contributed by atoms with E-state index in [0.29, 0.717) is 10.7 Å². The Hall–Kier alpha value is -1.65. The van der Waals surface area contributed by atoms with Gasteiger partial charge in [-0.15, -0.1) is 0 Å². The van der Waals surface area contributed by atoms with Crippen LogP contribution >= 0.6 is 0 Å². The largest absolute Gasteiger partial charge is 0.492 e. The molecule has 1 fully saturated rings. The van der Waals surface area contributed by atoms with Gasteiger partial charge < -0.3 is 4.74 Å². The number of amides is 1. The van der Waals surface area contributed by atoms with Gasteiger partial charge in [-0.25, -0.2) is 25.9 Å². The van der Waals surface area contributed by atoms with Crippen molar-refractivity contribution in [3.63, 3.8) is 0 Å². The number of carbonyl (C=O) groups excluding carboxylic acids is 1. The number of hydrogen-bond acceptors (Lipinski definition) is 6. The lowest BCUT2D eigenvalue weighted by atomic mass is 10.3. The molecule has 0 radical (unpaired) electrons. The quantitative estimate of drug-likeness (QED) is 0.626. The van der Waals surface area contributed by atoms with Crippen LogP contribution in [0.3, 0.4) is 0 Å². The van der Waals surface area contributed by atoms with Crippen LogP contribution in [0, 0.1) is 0 Å². The van der Waals surface area contributed by atoms with Gasteiger partial charge in [0.15, 0.2) is 0 Å². The Morgan fingerprint density at radius 3 is 2.54 bits per heavy atom. The molecule has 2 rings (SSSR count). The molecule has 1 aromatic carbocycles. The summed E-state index contributed by atoms with van der Waals surface area (Å²) in [5.74, 6) is -0.743. The van der Waals surface area contributed by atoms with Gasteiger partial charge in [-0.05, 0) is 31.5 Å². The van der Waals surface area contributed by atoms with E-state index in [1.54, 1.807) is 6.92 Å². The van der Waals surface area contributed by atoms with Crippen LogP contribution < -0.4 is 13.8 Å². The zero-order valence-corrected chi connectivity index (χ0v) is 16.5. The molecule has 1 heterocycles. The third kappa shape index (κ3) is 4.54. The average molecular weight is 405 g/mol.